The van der Waals surface area contributed by atoms with Crippen LogP contribution in [0.5, 0.6) is 0 Å². The Kier molecular flexibility index (Phi) is 8.17. The van der Waals surface area contributed by atoms with Crippen molar-refractivity contribution in [3.05, 3.63) is 80.5 Å². The highest BCUT2D eigenvalue weighted by molar-refractivity contribution is 5.77. The largest absolute Gasteiger partial charge is 0.353 e. The van der Waals surface area contributed by atoms with Gasteiger partial charge in [0.15, 0.2) is 17.5 Å². The molecule has 4 aromatic rings. The monoisotopic (exact) mass is 557 g/mol. The molecule has 5 rings (SSSR count). The molecule has 0 N–H and O–H groups in total. The Labute approximate surface area is 227 Å². The number of halogens is 3. The Morgan fingerprint density at radius 2 is 1.80 bits per heavy atom. The van der Waals surface area contributed by atoms with E-state index in [-0.39, 0.29) is 41.9 Å². The lowest BCUT2D eigenvalue weighted by molar-refractivity contribution is -0.163. The highest BCUT2D eigenvalue weighted by Gasteiger charge is 2.25. The molecule has 9 nitrogen and oxygen atoms in total. The van der Waals surface area contributed by atoms with E-state index in [1.807, 2.05) is 0 Å². The topological polar surface area (TPSA) is 93.2 Å². The molecule has 1 aliphatic rings. The number of imidazole rings is 1. The highest BCUT2D eigenvalue weighted by atomic mass is 19.1. The molecule has 4 heterocycles. The van der Waals surface area contributed by atoms with Crippen molar-refractivity contribution >= 4 is 11.2 Å². The molecule has 0 saturated carbocycles. The number of aromatic nitrogens is 5. The Morgan fingerprint density at radius 1 is 1.02 bits per heavy atom. The summed E-state index contributed by atoms with van der Waals surface area (Å²) >= 11 is 0. The molecule has 1 atom stereocenters. The van der Waals surface area contributed by atoms with E-state index in [1.54, 1.807) is 13.8 Å². The zero-order valence-electron chi connectivity index (χ0n) is 22.3. The fraction of sp³-hybridized carbons (Fsp3) is 0.429. The van der Waals surface area contributed by atoms with Crippen molar-refractivity contribution in [1.82, 2.24) is 23.7 Å². The summed E-state index contributed by atoms with van der Waals surface area (Å²) in [6.45, 7) is 4.58. The molecular weight excluding hydrogens is 527 g/mol. The van der Waals surface area contributed by atoms with E-state index in [2.05, 4.69) is 9.97 Å². The first-order valence-corrected chi connectivity index (χ1v) is 13.3. The van der Waals surface area contributed by atoms with E-state index in [4.69, 9.17) is 9.47 Å². The van der Waals surface area contributed by atoms with Crippen molar-refractivity contribution in [2.45, 2.75) is 65.0 Å². The minimum atomic E-state index is -1.11. The molecule has 1 aliphatic heterocycles. The van der Waals surface area contributed by atoms with Crippen LogP contribution in [0.2, 0.25) is 0 Å². The molecule has 12 heteroatoms. The molecule has 1 aromatic carbocycles. The van der Waals surface area contributed by atoms with Crippen LogP contribution < -0.4 is 11.2 Å². The molecule has 0 radical (unpaired) electrons. The van der Waals surface area contributed by atoms with Crippen LogP contribution >= 0.6 is 0 Å². The number of rotatable bonds is 9. The molecule has 40 heavy (non-hydrogen) atoms. The van der Waals surface area contributed by atoms with Crippen molar-refractivity contribution in [3.63, 3.8) is 0 Å². The predicted octanol–water partition coefficient (Wildman–Crippen LogP) is 4.40. The Hall–Kier alpha value is -3.77. The number of ether oxygens (including phenoxy) is 2. The average Bonchev–Trinajstić information content (AvgIpc) is 3.28. The van der Waals surface area contributed by atoms with Gasteiger partial charge in [-0.25, -0.2) is 14.2 Å². The summed E-state index contributed by atoms with van der Waals surface area (Å²) in [5.41, 5.74) is -0.582. The van der Waals surface area contributed by atoms with Crippen molar-refractivity contribution < 1.29 is 22.6 Å². The quantitative estimate of drug-likeness (QED) is 0.224. The SMILES string of the molecule is CC(C)n1c(=O)n(CCCOC2CCCCO2)c(=O)c2c1nc(-c1ccc(F)nc1F)n2Cc1ccc(F)cc1. The fourth-order valence-corrected chi connectivity index (χ4v) is 4.91. The van der Waals surface area contributed by atoms with Crippen molar-refractivity contribution in [3.8, 4) is 11.4 Å². The predicted molar refractivity (Wildman–Crippen MR) is 141 cm³/mol. The second kappa shape index (κ2) is 11.8. The minimum absolute atomic E-state index is 0.00856. The average molecular weight is 558 g/mol. The summed E-state index contributed by atoms with van der Waals surface area (Å²) in [6, 6.07) is 7.38. The highest BCUT2D eigenvalue weighted by Crippen LogP contribution is 2.27. The van der Waals surface area contributed by atoms with E-state index < -0.39 is 35.0 Å². The molecule has 212 valence electrons. The number of pyridine rings is 1. The maximum atomic E-state index is 14.9. The van der Waals surface area contributed by atoms with E-state index >= 15 is 0 Å². The van der Waals surface area contributed by atoms with Crippen LogP contribution in [0, 0.1) is 17.7 Å². The van der Waals surface area contributed by atoms with Crippen LogP contribution in [-0.4, -0.2) is 43.2 Å². The lowest BCUT2D eigenvalue weighted by Crippen LogP contribution is -2.41. The second-order valence-electron chi connectivity index (χ2n) is 10.0. The summed E-state index contributed by atoms with van der Waals surface area (Å²) in [5.74, 6) is -2.57. The van der Waals surface area contributed by atoms with Crippen molar-refractivity contribution in [2.24, 2.45) is 0 Å². The molecule has 1 unspecified atom stereocenters. The zero-order valence-corrected chi connectivity index (χ0v) is 22.3. The third kappa shape index (κ3) is 5.59. The number of benzene rings is 1. The van der Waals surface area contributed by atoms with Gasteiger partial charge in [0, 0.05) is 25.7 Å². The fourth-order valence-electron chi connectivity index (χ4n) is 4.91. The van der Waals surface area contributed by atoms with Gasteiger partial charge in [0.25, 0.3) is 5.56 Å². The summed E-state index contributed by atoms with van der Waals surface area (Å²) in [7, 11) is 0. The second-order valence-corrected chi connectivity index (χ2v) is 10.0. The van der Waals surface area contributed by atoms with Gasteiger partial charge >= 0.3 is 5.69 Å². The summed E-state index contributed by atoms with van der Waals surface area (Å²) in [4.78, 5) is 35.2. The van der Waals surface area contributed by atoms with Crippen LogP contribution in [0.4, 0.5) is 13.2 Å². The van der Waals surface area contributed by atoms with Crippen LogP contribution in [0.15, 0.2) is 46.0 Å². The first-order chi connectivity index (χ1) is 19.2. The first kappa shape index (κ1) is 27.8. The number of hydrogen-bond acceptors (Lipinski definition) is 6. The van der Waals surface area contributed by atoms with E-state index in [1.165, 1.54) is 39.5 Å². The van der Waals surface area contributed by atoms with Gasteiger partial charge in [-0.1, -0.05) is 12.1 Å². The van der Waals surface area contributed by atoms with Gasteiger partial charge in [0.1, 0.15) is 11.6 Å². The van der Waals surface area contributed by atoms with Gasteiger partial charge in [-0.05, 0) is 69.4 Å². The van der Waals surface area contributed by atoms with Gasteiger partial charge in [0.05, 0.1) is 12.2 Å². The van der Waals surface area contributed by atoms with Gasteiger partial charge < -0.3 is 14.0 Å². The van der Waals surface area contributed by atoms with Crippen LogP contribution in [0.1, 0.15) is 51.1 Å². The van der Waals surface area contributed by atoms with Crippen LogP contribution in [-0.2, 0) is 22.6 Å². The third-order valence-electron chi connectivity index (χ3n) is 6.86. The lowest BCUT2D eigenvalue weighted by atomic mass is 10.2. The van der Waals surface area contributed by atoms with Crippen molar-refractivity contribution in [2.75, 3.05) is 13.2 Å². The standard InChI is InChI=1S/C28H30F3N5O4/c1-17(2)36-26-23(27(37)34(28(36)38)13-5-15-40-22-6-3-4-14-39-22)35(16-18-7-9-19(29)10-8-18)25(33-26)20-11-12-21(30)32-24(20)31/h7-12,17,22H,3-6,13-16H2,1-2H3. The van der Waals surface area contributed by atoms with Gasteiger partial charge in [-0.3, -0.25) is 13.9 Å². The normalized spacial score (nSPS) is 15.8. The molecule has 0 amide bonds. The Bertz CT molecular complexity index is 1620. The Morgan fingerprint density at radius 3 is 2.48 bits per heavy atom. The summed E-state index contributed by atoms with van der Waals surface area (Å²) < 4.78 is 57.4. The number of hydrogen-bond donors (Lipinski definition) is 0. The molecular formula is C28H30F3N5O4. The van der Waals surface area contributed by atoms with Gasteiger partial charge in [-0.2, -0.15) is 13.8 Å². The summed E-state index contributed by atoms with van der Waals surface area (Å²) in [6.07, 6.45) is 2.90. The smallest absolute Gasteiger partial charge is 0.332 e. The first-order valence-electron chi connectivity index (χ1n) is 13.3. The van der Waals surface area contributed by atoms with E-state index in [9.17, 15) is 22.8 Å². The Balaban J connectivity index is 1.63. The maximum Gasteiger partial charge on any atom is 0.332 e. The maximum absolute atomic E-state index is 14.9. The van der Waals surface area contributed by atoms with Crippen molar-refractivity contribution in [1.29, 1.82) is 0 Å². The molecule has 0 spiro atoms. The molecule has 3 aromatic heterocycles. The number of fused-ring (bicyclic) bond motifs is 1. The van der Waals surface area contributed by atoms with Crippen LogP contribution in [0.25, 0.3) is 22.6 Å². The molecule has 0 aliphatic carbocycles. The molecule has 1 saturated heterocycles. The van der Waals surface area contributed by atoms with E-state index in [0.29, 0.717) is 25.2 Å². The third-order valence-corrected chi connectivity index (χ3v) is 6.86. The summed E-state index contributed by atoms with van der Waals surface area (Å²) in [5, 5.41) is 0. The van der Waals surface area contributed by atoms with E-state index in [0.717, 1.165) is 29.9 Å². The lowest BCUT2D eigenvalue weighted by Gasteiger charge is -2.22. The zero-order chi connectivity index (χ0) is 28.4. The van der Waals surface area contributed by atoms with Gasteiger partial charge in [0.2, 0.25) is 11.9 Å². The molecule has 1 fully saturated rings. The molecule has 0 bridgehead atoms. The van der Waals surface area contributed by atoms with Gasteiger partial charge in [-0.15, -0.1) is 0 Å². The minimum Gasteiger partial charge on any atom is -0.353 e. The number of nitrogens with zero attached hydrogens (tertiary/aromatic N) is 5. The van der Waals surface area contributed by atoms with Crippen LogP contribution in [0.3, 0.4) is 0 Å².